The molecule has 3 heteroatoms. The zero-order valence-electron chi connectivity index (χ0n) is 10.7. The molecule has 18 heavy (non-hydrogen) atoms. The molecule has 2 N–H and O–H groups in total. The normalized spacial score (nSPS) is 17.2. The third-order valence-electron chi connectivity index (χ3n) is 3.73. The molecule has 0 bridgehead atoms. The van der Waals surface area contributed by atoms with Crippen LogP contribution >= 0.6 is 11.6 Å². The first kappa shape index (κ1) is 12.1. The number of H-pyrrole nitrogens is 1. The summed E-state index contributed by atoms with van der Waals surface area (Å²) in [6, 6.07) is 8.75. The first-order valence-corrected chi connectivity index (χ1v) is 7.10. The predicted molar refractivity (Wildman–Crippen MR) is 77.0 cm³/mol. The zero-order valence-corrected chi connectivity index (χ0v) is 11.4. The van der Waals surface area contributed by atoms with E-state index in [1.807, 2.05) is 12.1 Å². The summed E-state index contributed by atoms with van der Waals surface area (Å²) in [7, 11) is 0. The van der Waals surface area contributed by atoms with Crippen LogP contribution in [0.2, 0.25) is 5.02 Å². The van der Waals surface area contributed by atoms with Crippen LogP contribution in [0.15, 0.2) is 24.3 Å². The predicted octanol–water partition coefficient (Wildman–Crippen LogP) is 4.10. The van der Waals surface area contributed by atoms with E-state index in [0.717, 1.165) is 34.1 Å². The lowest BCUT2D eigenvalue weighted by Crippen LogP contribution is -2.26. The molecule has 3 rings (SSSR count). The molecular weight excluding hydrogens is 244 g/mol. The Kier molecular flexibility index (Phi) is 3.31. The van der Waals surface area contributed by atoms with Gasteiger partial charge in [0.15, 0.2) is 0 Å². The Labute approximate surface area is 113 Å². The highest BCUT2D eigenvalue weighted by Crippen LogP contribution is 2.33. The van der Waals surface area contributed by atoms with Crippen LogP contribution in [0.4, 0.5) is 0 Å². The Morgan fingerprint density at radius 1 is 1.39 bits per heavy atom. The van der Waals surface area contributed by atoms with E-state index in [1.54, 1.807) is 0 Å². The second kappa shape index (κ2) is 4.94. The minimum Gasteiger partial charge on any atom is -0.356 e. The van der Waals surface area contributed by atoms with Gasteiger partial charge in [-0.15, -0.1) is 0 Å². The number of rotatable bonds is 5. The van der Waals surface area contributed by atoms with Crippen LogP contribution in [0.1, 0.15) is 31.9 Å². The van der Waals surface area contributed by atoms with E-state index in [0.29, 0.717) is 6.04 Å². The molecule has 1 aliphatic rings. The van der Waals surface area contributed by atoms with E-state index < -0.39 is 0 Å². The fourth-order valence-corrected chi connectivity index (χ4v) is 2.78. The van der Waals surface area contributed by atoms with Gasteiger partial charge in [0.2, 0.25) is 0 Å². The van der Waals surface area contributed by atoms with Gasteiger partial charge in [-0.2, -0.15) is 0 Å². The summed E-state index contributed by atoms with van der Waals surface area (Å²) in [5, 5.41) is 5.53. The largest absolute Gasteiger partial charge is 0.356 e. The molecule has 1 heterocycles. The van der Waals surface area contributed by atoms with Crippen LogP contribution in [-0.2, 0) is 6.54 Å². The number of aromatic nitrogens is 1. The fourth-order valence-electron chi connectivity index (χ4n) is 2.50. The SMILES string of the molecule is CC(CC1CC1)NCc1[nH]c2ccccc2c1Cl. The highest BCUT2D eigenvalue weighted by atomic mass is 35.5. The molecule has 1 saturated carbocycles. The summed E-state index contributed by atoms with van der Waals surface area (Å²) in [5.74, 6) is 0.964. The molecule has 0 amide bonds. The molecular formula is C15H19ClN2. The summed E-state index contributed by atoms with van der Waals surface area (Å²) in [6.07, 6.45) is 4.12. The molecule has 1 unspecified atom stereocenters. The summed E-state index contributed by atoms with van der Waals surface area (Å²) < 4.78 is 0. The Balaban J connectivity index is 1.68. The van der Waals surface area contributed by atoms with Gasteiger partial charge in [0.1, 0.15) is 0 Å². The van der Waals surface area contributed by atoms with E-state index in [2.05, 4.69) is 29.4 Å². The molecule has 0 radical (unpaired) electrons. The standard InChI is InChI=1S/C15H19ClN2/c1-10(8-11-6-7-11)17-9-14-15(16)12-4-2-3-5-13(12)18-14/h2-5,10-11,17-18H,6-9H2,1H3. The number of aromatic amines is 1. The van der Waals surface area contributed by atoms with Gasteiger partial charge in [0, 0.05) is 29.2 Å². The lowest BCUT2D eigenvalue weighted by atomic mass is 10.1. The quantitative estimate of drug-likeness (QED) is 0.834. The van der Waals surface area contributed by atoms with Crippen molar-refractivity contribution in [3.63, 3.8) is 0 Å². The van der Waals surface area contributed by atoms with Crippen LogP contribution in [0.25, 0.3) is 10.9 Å². The van der Waals surface area contributed by atoms with Crippen molar-refractivity contribution in [1.29, 1.82) is 0 Å². The maximum atomic E-state index is 6.39. The fraction of sp³-hybridized carbons (Fsp3) is 0.467. The number of hydrogen-bond donors (Lipinski definition) is 2. The van der Waals surface area contributed by atoms with Crippen molar-refractivity contribution in [2.24, 2.45) is 5.92 Å². The van der Waals surface area contributed by atoms with Crippen molar-refractivity contribution >= 4 is 22.5 Å². The number of benzene rings is 1. The number of para-hydroxylation sites is 1. The molecule has 0 saturated heterocycles. The third-order valence-corrected chi connectivity index (χ3v) is 4.16. The van der Waals surface area contributed by atoms with Crippen molar-refractivity contribution in [1.82, 2.24) is 10.3 Å². The van der Waals surface area contributed by atoms with Crippen LogP contribution < -0.4 is 5.32 Å². The second-order valence-corrected chi connectivity index (χ2v) is 5.80. The summed E-state index contributed by atoms with van der Waals surface area (Å²) in [5.41, 5.74) is 2.22. The topological polar surface area (TPSA) is 27.8 Å². The minimum absolute atomic E-state index is 0.569. The Morgan fingerprint density at radius 2 is 2.17 bits per heavy atom. The number of fused-ring (bicyclic) bond motifs is 1. The summed E-state index contributed by atoms with van der Waals surface area (Å²) in [4.78, 5) is 3.39. The number of halogens is 1. The van der Waals surface area contributed by atoms with Crippen LogP contribution in [0.5, 0.6) is 0 Å². The van der Waals surface area contributed by atoms with Gasteiger partial charge in [-0.1, -0.05) is 42.6 Å². The molecule has 1 aromatic heterocycles. The van der Waals surface area contributed by atoms with Gasteiger partial charge >= 0.3 is 0 Å². The van der Waals surface area contributed by atoms with Crippen molar-refractivity contribution in [2.75, 3.05) is 0 Å². The lowest BCUT2D eigenvalue weighted by molar-refractivity contribution is 0.485. The highest BCUT2D eigenvalue weighted by Gasteiger charge is 2.23. The molecule has 1 aliphatic carbocycles. The third kappa shape index (κ3) is 2.55. The molecule has 0 spiro atoms. The zero-order chi connectivity index (χ0) is 12.5. The van der Waals surface area contributed by atoms with E-state index in [-0.39, 0.29) is 0 Å². The Bertz CT molecular complexity index is 542. The molecule has 2 aromatic rings. The van der Waals surface area contributed by atoms with Crippen LogP contribution in [0, 0.1) is 5.92 Å². The van der Waals surface area contributed by atoms with Crippen LogP contribution in [-0.4, -0.2) is 11.0 Å². The van der Waals surface area contributed by atoms with Crippen LogP contribution in [0.3, 0.4) is 0 Å². The lowest BCUT2D eigenvalue weighted by Gasteiger charge is -2.12. The molecule has 96 valence electrons. The minimum atomic E-state index is 0.569. The van der Waals surface area contributed by atoms with Gasteiger partial charge < -0.3 is 10.3 Å². The molecule has 1 fully saturated rings. The second-order valence-electron chi connectivity index (χ2n) is 5.42. The maximum absolute atomic E-state index is 6.39. The summed E-state index contributed by atoms with van der Waals surface area (Å²) >= 11 is 6.39. The van der Waals surface area contributed by atoms with Gasteiger partial charge in [-0.25, -0.2) is 0 Å². The Morgan fingerprint density at radius 3 is 2.89 bits per heavy atom. The Hall–Kier alpha value is -0.990. The number of nitrogens with one attached hydrogen (secondary N) is 2. The average Bonchev–Trinajstić information content (AvgIpc) is 3.12. The van der Waals surface area contributed by atoms with E-state index in [4.69, 9.17) is 11.6 Å². The van der Waals surface area contributed by atoms with E-state index in [9.17, 15) is 0 Å². The van der Waals surface area contributed by atoms with Crippen molar-refractivity contribution in [2.45, 2.75) is 38.8 Å². The van der Waals surface area contributed by atoms with E-state index >= 15 is 0 Å². The van der Waals surface area contributed by atoms with E-state index in [1.165, 1.54) is 19.3 Å². The molecule has 1 aromatic carbocycles. The van der Waals surface area contributed by atoms with Crippen molar-refractivity contribution in [3.8, 4) is 0 Å². The summed E-state index contributed by atoms with van der Waals surface area (Å²) in [6.45, 7) is 3.08. The van der Waals surface area contributed by atoms with Gasteiger partial charge in [-0.05, 0) is 25.3 Å². The number of hydrogen-bond acceptors (Lipinski definition) is 1. The van der Waals surface area contributed by atoms with Crippen molar-refractivity contribution < 1.29 is 0 Å². The first-order chi connectivity index (χ1) is 8.74. The van der Waals surface area contributed by atoms with Gasteiger partial charge in [0.05, 0.1) is 5.02 Å². The maximum Gasteiger partial charge on any atom is 0.0705 e. The van der Waals surface area contributed by atoms with Crippen molar-refractivity contribution in [3.05, 3.63) is 35.0 Å². The molecule has 1 atom stereocenters. The van der Waals surface area contributed by atoms with Gasteiger partial charge in [0.25, 0.3) is 0 Å². The van der Waals surface area contributed by atoms with Gasteiger partial charge in [-0.3, -0.25) is 0 Å². The smallest absolute Gasteiger partial charge is 0.0705 e. The first-order valence-electron chi connectivity index (χ1n) is 6.72. The average molecular weight is 263 g/mol. The molecule has 0 aliphatic heterocycles. The highest BCUT2D eigenvalue weighted by molar-refractivity contribution is 6.36. The molecule has 2 nitrogen and oxygen atoms in total. The monoisotopic (exact) mass is 262 g/mol.